The quantitative estimate of drug-likeness (QED) is 0.0341. The van der Waals surface area contributed by atoms with Gasteiger partial charge < -0.3 is 87.7 Å². The van der Waals surface area contributed by atoms with Crippen molar-refractivity contribution in [2.45, 2.75) is 202 Å². The number of carbonyl (C=O) groups excluding carboxylic acids is 9. The normalized spacial score (nSPS) is 26.9. The van der Waals surface area contributed by atoms with Gasteiger partial charge in [-0.1, -0.05) is 96.0 Å². The van der Waals surface area contributed by atoms with E-state index in [9.17, 15) is 84.0 Å². The van der Waals surface area contributed by atoms with Crippen LogP contribution < -0.4 is 37.1 Å². The number of para-hydroxylation sites is 1. The molecule has 0 saturated carbocycles. The third kappa shape index (κ3) is 20.6. The van der Waals surface area contributed by atoms with Crippen molar-refractivity contribution in [1.82, 2.24) is 36.4 Å². The zero-order valence-corrected chi connectivity index (χ0v) is 49.3. The van der Waals surface area contributed by atoms with Gasteiger partial charge in [0.05, 0.1) is 42.7 Å². The molecule has 85 heavy (non-hydrogen) atoms. The van der Waals surface area contributed by atoms with Gasteiger partial charge in [-0.05, 0) is 67.9 Å². The van der Waals surface area contributed by atoms with E-state index in [0.717, 1.165) is 79.5 Å². The van der Waals surface area contributed by atoms with Crippen LogP contribution in [-0.2, 0) is 43.2 Å². The minimum Gasteiger partial charge on any atom is -0.508 e. The number of aromatic hydroxyl groups is 1. The Hall–Kier alpha value is -6.46. The lowest BCUT2D eigenvalue weighted by atomic mass is 9.91. The zero-order chi connectivity index (χ0) is 62.7. The van der Waals surface area contributed by atoms with Crippen LogP contribution in [0.3, 0.4) is 0 Å². The maximum atomic E-state index is 14.8. The van der Waals surface area contributed by atoms with Crippen molar-refractivity contribution in [2.24, 2.45) is 17.6 Å². The number of nitrogens with two attached hydrogens (primary N) is 1. The number of hydrogen-bond acceptors (Lipinski definition) is 19. The largest absolute Gasteiger partial charge is 0.508 e. The molecule has 5 rings (SSSR count). The number of aliphatic hydroxyl groups excluding tert-OH is 7. The summed E-state index contributed by atoms with van der Waals surface area (Å²) in [5, 5.41) is 100. The van der Waals surface area contributed by atoms with Crippen LogP contribution in [0, 0.1) is 11.8 Å². The predicted octanol–water partition coefficient (Wildman–Crippen LogP) is -0.995. The summed E-state index contributed by atoms with van der Waals surface area (Å²) < 4.78 is 5.42. The van der Waals surface area contributed by atoms with E-state index in [1.165, 1.54) is 18.6 Å². The average molecular weight is 1220 g/mol. The number of unbranched alkanes of at least 4 members (excludes halogenated alkanes) is 5. The van der Waals surface area contributed by atoms with Gasteiger partial charge in [-0.15, -0.1) is 11.8 Å². The number of esters is 1. The highest BCUT2D eigenvalue weighted by Crippen LogP contribution is 2.28. The Labute approximate surface area is 498 Å². The molecule has 27 heteroatoms. The Morgan fingerprint density at radius 2 is 1.35 bits per heavy atom. The molecule has 0 radical (unpaired) electrons. The van der Waals surface area contributed by atoms with E-state index in [1.807, 2.05) is 0 Å². The fourth-order valence-electron chi connectivity index (χ4n) is 10.7. The Balaban J connectivity index is 1.54. The number of benzene rings is 2. The first kappa shape index (κ1) is 69.3. The van der Waals surface area contributed by atoms with Crippen molar-refractivity contribution >= 4 is 65.0 Å². The number of primary amides is 1. The summed E-state index contributed by atoms with van der Waals surface area (Å²) in [7, 11) is 0. The monoisotopic (exact) mass is 1210 g/mol. The molecule has 0 spiro atoms. The molecule has 26 nitrogen and oxygen atoms in total. The first-order valence-corrected chi connectivity index (χ1v) is 30.2. The van der Waals surface area contributed by atoms with Gasteiger partial charge in [0.15, 0.2) is 0 Å². The van der Waals surface area contributed by atoms with E-state index < -0.39 is 176 Å². The number of nitrogens with one attached hydrogen (secondary N) is 5. The lowest BCUT2D eigenvalue weighted by Gasteiger charge is -2.34. The number of carbonyl (C=O) groups is 9. The maximum absolute atomic E-state index is 14.8. The van der Waals surface area contributed by atoms with E-state index in [2.05, 4.69) is 47.4 Å². The molecule has 3 saturated heterocycles. The lowest BCUT2D eigenvalue weighted by Crippen LogP contribution is -2.64. The van der Waals surface area contributed by atoms with Crippen molar-refractivity contribution in [3.63, 3.8) is 0 Å². The first-order chi connectivity index (χ1) is 40.3. The second-order valence-electron chi connectivity index (χ2n) is 22.7. The molecule has 15 N–H and O–H groups in total. The van der Waals surface area contributed by atoms with Crippen LogP contribution in [0.25, 0.3) is 0 Å². The molecule has 2 aromatic carbocycles. The van der Waals surface area contributed by atoms with Gasteiger partial charge in [-0.3, -0.25) is 43.2 Å². The number of aliphatic hydroxyl groups is 7. The van der Waals surface area contributed by atoms with Crippen molar-refractivity contribution in [3.8, 4) is 11.5 Å². The van der Waals surface area contributed by atoms with E-state index in [0.29, 0.717) is 36.4 Å². The van der Waals surface area contributed by atoms with Crippen LogP contribution in [0.5, 0.6) is 11.5 Å². The molecular formula is C58H86N8O18S. The SMILES string of the molecule is CCC(C)CC(C)CCCCCCCCC(=O)N[C@H]1C[C@@H](O)[C@@H](SCC(=O)Oc2ccccc2)NC(=O)[C@@H]2[C@@H](O)CCN2C(=O)[C@H]([C@H](O)CC(N)=O)NC(=O)[C@H]([C@H](O)[C@@H](O)c2ccc(O)cc2)NC(=O)[C@@H]2C[C@@H](O)CN2C(=O)[C@H]([C@@H](C)O)NC1=O. The van der Waals surface area contributed by atoms with Gasteiger partial charge in [-0.25, -0.2) is 0 Å². The van der Waals surface area contributed by atoms with E-state index in [-0.39, 0.29) is 29.9 Å². The van der Waals surface area contributed by atoms with Crippen LogP contribution in [0.2, 0.25) is 0 Å². The Morgan fingerprint density at radius 1 is 0.729 bits per heavy atom. The molecule has 3 fully saturated rings. The van der Waals surface area contributed by atoms with Crippen LogP contribution >= 0.6 is 11.8 Å². The number of fused-ring (bicyclic) bond motifs is 2. The van der Waals surface area contributed by atoms with Gasteiger partial charge in [-0.2, -0.15) is 0 Å². The Kier molecular flexibility index (Phi) is 27.3. The molecule has 8 amide bonds. The minimum absolute atomic E-state index is 0.0924. The highest BCUT2D eigenvalue weighted by Gasteiger charge is 2.49. The zero-order valence-electron chi connectivity index (χ0n) is 48.5. The van der Waals surface area contributed by atoms with Crippen LogP contribution in [0.4, 0.5) is 0 Å². The molecule has 0 aromatic heterocycles. The number of amides is 8. The van der Waals surface area contributed by atoms with Crippen LogP contribution in [-0.4, -0.2) is 201 Å². The molecule has 472 valence electrons. The fourth-order valence-corrected chi connectivity index (χ4v) is 11.7. The summed E-state index contributed by atoms with van der Waals surface area (Å²) in [6.07, 6.45) is -7.93. The molecule has 3 heterocycles. The number of phenols is 1. The number of phenolic OH excluding ortho intramolecular Hbond substituents is 1. The number of ether oxygens (including phenoxy) is 1. The van der Waals surface area contributed by atoms with Gasteiger partial charge in [0.25, 0.3) is 0 Å². The molecule has 2 aromatic rings. The number of hydrogen-bond donors (Lipinski definition) is 14. The third-order valence-electron chi connectivity index (χ3n) is 15.6. The summed E-state index contributed by atoms with van der Waals surface area (Å²) >= 11 is 0.585. The molecule has 2 unspecified atom stereocenters. The summed E-state index contributed by atoms with van der Waals surface area (Å²) in [4.78, 5) is 129. The summed E-state index contributed by atoms with van der Waals surface area (Å²) in [6.45, 7) is 6.75. The number of nitrogens with zero attached hydrogens (tertiary/aromatic N) is 2. The summed E-state index contributed by atoms with van der Waals surface area (Å²) in [5.74, 6) is -9.85. The topological polar surface area (TPSA) is 417 Å². The Morgan fingerprint density at radius 3 is 2.00 bits per heavy atom. The Bertz CT molecular complexity index is 2570. The first-order valence-electron chi connectivity index (χ1n) is 29.1. The second-order valence-corrected chi connectivity index (χ2v) is 23.8. The van der Waals surface area contributed by atoms with Gasteiger partial charge in [0.2, 0.25) is 47.3 Å². The fraction of sp³-hybridized carbons (Fsp3) is 0.638. The summed E-state index contributed by atoms with van der Waals surface area (Å²) in [6, 6.07) is 0.388. The van der Waals surface area contributed by atoms with Gasteiger partial charge in [0, 0.05) is 32.4 Å². The number of thioether (sulfide) groups is 1. The smallest absolute Gasteiger partial charge is 0.321 e. The lowest BCUT2D eigenvalue weighted by molar-refractivity contribution is -0.148. The van der Waals surface area contributed by atoms with Crippen molar-refractivity contribution in [2.75, 3.05) is 18.8 Å². The van der Waals surface area contributed by atoms with Crippen molar-refractivity contribution < 1.29 is 88.7 Å². The molecule has 16 atom stereocenters. The minimum atomic E-state index is -2.38. The molecule has 0 bridgehead atoms. The second kappa shape index (κ2) is 33.4. The molecular weight excluding hydrogens is 1130 g/mol. The summed E-state index contributed by atoms with van der Waals surface area (Å²) in [5.41, 5.74) is 5.29. The molecule has 3 aliphatic rings. The maximum Gasteiger partial charge on any atom is 0.321 e. The molecule has 0 aliphatic carbocycles. The van der Waals surface area contributed by atoms with E-state index in [1.54, 1.807) is 18.2 Å². The van der Waals surface area contributed by atoms with Crippen molar-refractivity contribution in [3.05, 3.63) is 60.2 Å². The number of rotatable bonds is 24. The average Bonchev–Trinajstić information content (AvgIpc) is 2.71. The van der Waals surface area contributed by atoms with Crippen molar-refractivity contribution in [1.29, 1.82) is 0 Å². The highest BCUT2D eigenvalue weighted by atomic mass is 32.2. The van der Waals surface area contributed by atoms with Crippen LogP contribution in [0.1, 0.15) is 129 Å². The van der Waals surface area contributed by atoms with E-state index in [4.69, 9.17) is 10.5 Å². The highest BCUT2D eigenvalue weighted by molar-refractivity contribution is 8.00. The van der Waals surface area contributed by atoms with Crippen LogP contribution in [0.15, 0.2) is 54.6 Å². The van der Waals surface area contributed by atoms with Gasteiger partial charge in [0.1, 0.15) is 65.3 Å². The molecule has 3 aliphatic heterocycles. The van der Waals surface area contributed by atoms with E-state index >= 15 is 0 Å². The third-order valence-corrected chi connectivity index (χ3v) is 16.8. The van der Waals surface area contributed by atoms with Gasteiger partial charge >= 0.3 is 5.97 Å². The standard InChI is InChI=1S/C58H86N8O18S/c1-5-31(2)25-32(3)15-11-8-6-7-9-14-18-44(74)60-38-27-42(72)56(85-30-45(75)84-37-16-12-10-13-17-37)64-55(81)49-40(70)23-24-65(49)58(83)47(41(71)28-43(59)73)62-54(80)48(51(77)50(76)34-19-21-35(68)22-20-34)63-53(79)39-26-36(69)29-66(39)57(82)46(33(4)67)61-52(38)78/h10,12-13,16-17,19-22,31-33,36,38-42,46-51,56,67-72,76-77H,5-9,11,14-15,18,23-30H2,1-4H3,(H2,59,73)(H,60,74)(H,61,78)(H,62,80)(H,63,79)(H,64,81)/t31?,32?,33-,36-,38+,39+,40+,41-,42-,46+,47+,48+,49+,50+,51+,56-/m1/s1. The predicted molar refractivity (Wildman–Crippen MR) is 308 cm³/mol.